The van der Waals surface area contributed by atoms with Crippen LogP contribution in [0.15, 0.2) is 24.3 Å². The van der Waals surface area contributed by atoms with Crippen LogP contribution in [0.2, 0.25) is 0 Å². The lowest BCUT2D eigenvalue weighted by Crippen LogP contribution is -2.60. The number of amides is 1. The topological polar surface area (TPSA) is 42.0 Å². The van der Waals surface area contributed by atoms with Crippen molar-refractivity contribution < 1.29 is 27.4 Å². The molecule has 9 heteroatoms. The van der Waals surface area contributed by atoms with Crippen molar-refractivity contribution in [2.45, 2.75) is 44.4 Å². The number of hydrogen-bond donors (Lipinski definition) is 0. The Labute approximate surface area is 163 Å². The predicted octanol–water partition coefficient (Wildman–Crippen LogP) is 2.91. The zero-order valence-electron chi connectivity index (χ0n) is 15.4. The van der Waals surface area contributed by atoms with E-state index in [-0.39, 0.29) is 30.8 Å². The van der Waals surface area contributed by atoms with Gasteiger partial charge in [-0.05, 0) is 37.5 Å². The number of rotatable bonds is 3. The van der Waals surface area contributed by atoms with Crippen LogP contribution in [0.3, 0.4) is 0 Å². The number of piperidine rings is 1. The number of carbonyl (C=O) groups is 1. The van der Waals surface area contributed by atoms with E-state index < -0.39 is 12.5 Å². The van der Waals surface area contributed by atoms with Crippen LogP contribution in [-0.2, 0) is 16.1 Å². The number of nitrogens with zero attached hydrogens (tertiary/aromatic N) is 2. The number of carbonyl (C=O) groups excluding carboxylic acids is 1. The Morgan fingerprint density at radius 2 is 1.81 bits per heavy atom. The SMILES string of the molecule is C[C@@H]1OC2(CCN(Cc3ccc(OC(F)(F)F)cc3)CC2)CN(C)C1=O.S. The van der Waals surface area contributed by atoms with Gasteiger partial charge < -0.3 is 14.4 Å². The van der Waals surface area contributed by atoms with E-state index in [0.29, 0.717) is 13.1 Å². The number of likely N-dealkylation sites (tertiary alicyclic amines) is 1. The molecule has 0 N–H and O–H groups in total. The number of likely N-dealkylation sites (N-methyl/N-ethyl adjacent to an activating group) is 1. The number of alkyl halides is 3. The summed E-state index contributed by atoms with van der Waals surface area (Å²) in [7, 11) is 1.81. The first-order valence-electron chi connectivity index (χ1n) is 8.66. The second-order valence-corrected chi connectivity index (χ2v) is 7.11. The molecule has 1 spiro atoms. The molecule has 0 saturated carbocycles. The molecule has 27 heavy (non-hydrogen) atoms. The van der Waals surface area contributed by atoms with E-state index in [4.69, 9.17) is 4.74 Å². The molecule has 2 fully saturated rings. The summed E-state index contributed by atoms with van der Waals surface area (Å²) in [6.45, 7) is 4.68. The second-order valence-electron chi connectivity index (χ2n) is 7.11. The molecule has 1 aromatic carbocycles. The fourth-order valence-corrected chi connectivity index (χ4v) is 3.73. The van der Waals surface area contributed by atoms with Gasteiger partial charge in [-0.1, -0.05) is 12.1 Å². The second kappa shape index (κ2) is 8.28. The summed E-state index contributed by atoms with van der Waals surface area (Å²) in [5.41, 5.74) is 0.642. The Morgan fingerprint density at radius 3 is 2.33 bits per heavy atom. The van der Waals surface area contributed by atoms with Gasteiger partial charge in [-0.2, -0.15) is 13.5 Å². The van der Waals surface area contributed by atoms with Gasteiger partial charge in [0.25, 0.3) is 5.91 Å². The standard InChI is InChI=1S/C18H23F3N2O3.H2S/c1-13-16(24)22(2)12-17(25-13)7-9-23(10-8-17)11-14-3-5-15(6-4-14)26-18(19,20)21;/h3-6,13H,7-12H2,1-2H3;1H2/t13-;/m0./s1. The zero-order chi connectivity index (χ0) is 18.9. The van der Waals surface area contributed by atoms with Gasteiger partial charge in [0.05, 0.1) is 5.60 Å². The van der Waals surface area contributed by atoms with Crippen molar-refractivity contribution in [1.82, 2.24) is 9.80 Å². The van der Waals surface area contributed by atoms with Crippen LogP contribution < -0.4 is 4.74 Å². The predicted molar refractivity (Wildman–Crippen MR) is 98.9 cm³/mol. The van der Waals surface area contributed by atoms with Crippen molar-refractivity contribution in [3.63, 3.8) is 0 Å². The largest absolute Gasteiger partial charge is 0.573 e. The maximum atomic E-state index is 12.2. The van der Waals surface area contributed by atoms with E-state index in [2.05, 4.69) is 9.64 Å². The number of benzene rings is 1. The Morgan fingerprint density at radius 1 is 1.22 bits per heavy atom. The van der Waals surface area contributed by atoms with Crippen LogP contribution in [-0.4, -0.2) is 60.5 Å². The molecule has 2 aliphatic heterocycles. The van der Waals surface area contributed by atoms with Crippen LogP contribution >= 0.6 is 13.5 Å². The summed E-state index contributed by atoms with van der Waals surface area (Å²) in [5, 5.41) is 0. The molecule has 2 saturated heterocycles. The van der Waals surface area contributed by atoms with Gasteiger partial charge in [0, 0.05) is 33.2 Å². The average Bonchev–Trinajstić information content (AvgIpc) is 2.55. The van der Waals surface area contributed by atoms with Gasteiger partial charge in [-0.15, -0.1) is 13.2 Å². The molecule has 5 nitrogen and oxygen atoms in total. The van der Waals surface area contributed by atoms with Crippen molar-refractivity contribution in [2.24, 2.45) is 0 Å². The monoisotopic (exact) mass is 406 g/mol. The first-order valence-corrected chi connectivity index (χ1v) is 8.66. The minimum absolute atomic E-state index is 0. The Bertz CT molecular complexity index is 630. The lowest BCUT2D eigenvalue weighted by atomic mass is 9.88. The minimum Gasteiger partial charge on any atom is -0.406 e. The molecular weight excluding hydrogens is 381 g/mol. The molecular formula is C18H25F3N2O3S. The number of morpholine rings is 1. The summed E-state index contributed by atoms with van der Waals surface area (Å²) in [6.07, 6.45) is -3.44. The van der Waals surface area contributed by atoms with Crippen molar-refractivity contribution in [1.29, 1.82) is 0 Å². The van der Waals surface area contributed by atoms with E-state index in [0.717, 1.165) is 31.5 Å². The van der Waals surface area contributed by atoms with Gasteiger partial charge in [-0.3, -0.25) is 9.69 Å². The molecule has 1 aromatic rings. The molecule has 0 unspecified atom stereocenters. The van der Waals surface area contributed by atoms with Gasteiger partial charge in [0.1, 0.15) is 11.9 Å². The first kappa shape index (κ1) is 21.8. The van der Waals surface area contributed by atoms with Crippen LogP contribution in [0.25, 0.3) is 0 Å². The summed E-state index contributed by atoms with van der Waals surface area (Å²) in [4.78, 5) is 15.9. The lowest BCUT2D eigenvalue weighted by molar-refractivity contribution is -0.274. The third-order valence-electron chi connectivity index (χ3n) is 5.01. The third-order valence-corrected chi connectivity index (χ3v) is 5.01. The molecule has 2 heterocycles. The molecule has 152 valence electrons. The van der Waals surface area contributed by atoms with E-state index in [9.17, 15) is 18.0 Å². The maximum absolute atomic E-state index is 12.2. The van der Waals surface area contributed by atoms with Crippen molar-refractivity contribution >= 4 is 19.4 Å². The first-order chi connectivity index (χ1) is 12.2. The molecule has 0 aliphatic carbocycles. The van der Waals surface area contributed by atoms with Gasteiger partial charge in [0.2, 0.25) is 0 Å². The highest BCUT2D eigenvalue weighted by Gasteiger charge is 2.44. The van der Waals surface area contributed by atoms with Crippen LogP contribution in [0.5, 0.6) is 5.75 Å². The Kier molecular flexibility index (Phi) is 6.70. The summed E-state index contributed by atoms with van der Waals surface area (Å²) in [6, 6.07) is 5.97. The Hall–Kier alpha value is -1.45. The van der Waals surface area contributed by atoms with Crippen molar-refractivity contribution in [3.05, 3.63) is 29.8 Å². The minimum atomic E-state index is -4.67. The van der Waals surface area contributed by atoms with E-state index >= 15 is 0 Å². The third kappa shape index (κ3) is 5.52. The van der Waals surface area contributed by atoms with Gasteiger partial charge in [0.15, 0.2) is 0 Å². The molecule has 0 radical (unpaired) electrons. The zero-order valence-corrected chi connectivity index (χ0v) is 16.4. The molecule has 1 amide bonds. The van der Waals surface area contributed by atoms with E-state index in [1.165, 1.54) is 12.1 Å². The highest BCUT2D eigenvalue weighted by Crippen LogP contribution is 2.33. The number of halogens is 3. The summed E-state index contributed by atoms with van der Waals surface area (Å²) < 4.78 is 46.5. The fourth-order valence-electron chi connectivity index (χ4n) is 3.73. The van der Waals surface area contributed by atoms with Gasteiger partial charge in [-0.25, -0.2) is 0 Å². The highest BCUT2D eigenvalue weighted by atomic mass is 32.1. The van der Waals surface area contributed by atoms with Gasteiger partial charge >= 0.3 is 6.36 Å². The summed E-state index contributed by atoms with van der Waals surface area (Å²) in [5.74, 6) is -0.199. The number of ether oxygens (including phenoxy) is 2. The molecule has 3 rings (SSSR count). The van der Waals surface area contributed by atoms with E-state index in [1.807, 2.05) is 0 Å². The van der Waals surface area contributed by atoms with Crippen LogP contribution in [0.1, 0.15) is 25.3 Å². The average molecular weight is 406 g/mol. The van der Waals surface area contributed by atoms with Crippen molar-refractivity contribution in [3.8, 4) is 5.75 Å². The van der Waals surface area contributed by atoms with E-state index in [1.54, 1.807) is 31.0 Å². The normalized spacial score (nSPS) is 23.2. The van der Waals surface area contributed by atoms with Crippen molar-refractivity contribution in [2.75, 3.05) is 26.7 Å². The fraction of sp³-hybridized carbons (Fsp3) is 0.611. The number of hydrogen-bond acceptors (Lipinski definition) is 4. The highest BCUT2D eigenvalue weighted by molar-refractivity contribution is 7.59. The molecule has 0 aromatic heterocycles. The lowest BCUT2D eigenvalue weighted by Gasteiger charge is -2.48. The Balaban J connectivity index is 0.00000261. The quantitative estimate of drug-likeness (QED) is 0.774. The molecule has 0 bridgehead atoms. The smallest absolute Gasteiger partial charge is 0.406 e. The maximum Gasteiger partial charge on any atom is 0.573 e. The molecule has 1 atom stereocenters. The van der Waals surface area contributed by atoms with Crippen LogP contribution in [0.4, 0.5) is 13.2 Å². The molecule has 2 aliphatic rings. The summed E-state index contributed by atoms with van der Waals surface area (Å²) >= 11 is 0. The van der Waals surface area contributed by atoms with Crippen LogP contribution in [0, 0.1) is 0 Å².